The van der Waals surface area contributed by atoms with Crippen molar-refractivity contribution in [3.8, 4) is 0 Å². The number of unbranched alkanes of at least 4 members (excludes halogenated alkanes) is 7. The Bertz CT molecular complexity index is 426. The third-order valence-corrected chi connectivity index (χ3v) is 4.54. The van der Waals surface area contributed by atoms with Crippen LogP contribution in [-0.2, 0) is 19.1 Å². The maximum absolute atomic E-state index is 12.6. The van der Waals surface area contributed by atoms with E-state index < -0.39 is 0 Å². The number of carbonyl (C=O) groups excluding carboxylic acids is 2. The highest BCUT2D eigenvalue weighted by Crippen LogP contribution is 2.22. The first kappa shape index (κ1) is 25.7. The van der Waals surface area contributed by atoms with E-state index in [1.54, 1.807) is 0 Å². The molecule has 0 saturated carbocycles. The molecular weight excluding hydrogens is 340 g/mol. The minimum Gasteiger partial charge on any atom is -0.462 e. The Kier molecular flexibility index (Phi) is 17.2. The lowest BCUT2D eigenvalue weighted by Crippen LogP contribution is -2.18. The van der Waals surface area contributed by atoms with E-state index in [0.29, 0.717) is 37.2 Å². The Morgan fingerprint density at radius 1 is 0.519 bits per heavy atom. The van der Waals surface area contributed by atoms with Crippen LogP contribution in [0.5, 0.6) is 0 Å². The SMILES string of the molecule is CCCCCCCC/C(C(=O)OCCC)=C(\CCCCC)C(=O)OCCC. The second-order valence-corrected chi connectivity index (χ2v) is 7.20. The van der Waals surface area contributed by atoms with E-state index in [9.17, 15) is 9.59 Å². The van der Waals surface area contributed by atoms with Gasteiger partial charge in [0.25, 0.3) is 0 Å². The van der Waals surface area contributed by atoms with Gasteiger partial charge in [0.15, 0.2) is 0 Å². The van der Waals surface area contributed by atoms with Gasteiger partial charge in [0, 0.05) is 11.1 Å². The first-order valence-electron chi connectivity index (χ1n) is 11.2. The summed E-state index contributed by atoms with van der Waals surface area (Å²) in [5.41, 5.74) is 1.10. The highest BCUT2D eigenvalue weighted by atomic mass is 16.5. The molecule has 0 radical (unpaired) electrons. The fourth-order valence-electron chi connectivity index (χ4n) is 2.95. The van der Waals surface area contributed by atoms with E-state index in [1.165, 1.54) is 25.7 Å². The van der Waals surface area contributed by atoms with Gasteiger partial charge < -0.3 is 9.47 Å². The molecule has 0 aromatic heterocycles. The molecule has 0 fully saturated rings. The van der Waals surface area contributed by atoms with Crippen LogP contribution in [0.25, 0.3) is 0 Å². The molecule has 0 aliphatic carbocycles. The predicted molar refractivity (Wildman–Crippen MR) is 112 cm³/mol. The van der Waals surface area contributed by atoms with Crippen molar-refractivity contribution in [2.45, 2.75) is 111 Å². The van der Waals surface area contributed by atoms with E-state index in [-0.39, 0.29) is 11.9 Å². The first-order chi connectivity index (χ1) is 13.1. The fourth-order valence-corrected chi connectivity index (χ4v) is 2.95. The van der Waals surface area contributed by atoms with Crippen LogP contribution in [0.15, 0.2) is 11.1 Å². The molecule has 0 rings (SSSR count). The van der Waals surface area contributed by atoms with Gasteiger partial charge in [0.2, 0.25) is 0 Å². The lowest BCUT2D eigenvalue weighted by Gasteiger charge is -2.15. The summed E-state index contributed by atoms with van der Waals surface area (Å²) in [6, 6.07) is 0. The van der Waals surface area contributed by atoms with Crippen molar-refractivity contribution in [2.24, 2.45) is 0 Å². The molecule has 27 heavy (non-hydrogen) atoms. The van der Waals surface area contributed by atoms with Gasteiger partial charge in [-0.1, -0.05) is 72.6 Å². The molecule has 4 nitrogen and oxygen atoms in total. The van der Waals surface area contributed by atoms with Crippen LogP contribution in [0, 0.1) is 0 Å². The van der Waals surface area contributed by atoms with Crippen molar-refractivity contribution in [2.75, 3.05) is 13.2 Å². The Morgan fingerprint density at radius 2 is 0.889 bits per heavy atom. The zero-order valence-corrected chi connectivity index (χ0v) is 18.2. The van der Waals surface area contributed by atoms with Gasteiger partial charge in [0.1, 0.15) is 0 Å². The number of rotatable bonds is 17. The molecule has 158 valence electrons. The predicted octanol–water partition coefficient (Wildman–Crippen LogP) is 6.52. The number of hydrogen-bond donors (Lipinski definition) is 0. The van der Waals surface area contributed by atoms with Crippen molar-refractivity contribution in [3.05, 3.63) is 11.1 Å². The molecule has 0 unspecified atom stereocenters. The summed E-state index contributed by atoms with van der Waals surface area (Å²) in [5, 5.41) is 0. The summed E-state index contributed by atoms with van der Waals surface area (Å²) in [6.07, 6.45) is 12.7. The molecule has 0 saturated heterocycles. The molecule has 4 heteroatoms. The summed E-state index contributed by atoms with van der Waals surface area (Å²) in [4.78, 5) is 25.2. The third kappa shape index (κ3) is 12.6. The lowest BCUT2D eigenvalue weighted by molar-refractivity contribution is -0.142. The maximum Gasteiger partial charge on any atom is 0.334 e. The molecule has 0 aliphatic heterocycles. The Labute approximate surface area is 167 Å². The largest absolute Gasteiger partial charge is 0.462 e. The highest BCUT2D eigenvalue weighted by molar-refractivity contribution is 6.00. The van der Waals surface area contributed by atoms with Crippen molar-refractivity contribution < 1.29 is 19.1 Å². The van der Waals surface area contributed by atoms with Crippen molar-refractivity contribution in [1.82, 2.24) is 0 Å². The molecule has 0 N–H and O–H groups in total. The molecule has 0 atom stereocenters. The molecule has 0 aromatic carbocycles. The molecule has 0 aromatic rings. The first-order valence-corrected chi connectivity index (χ1v) is 11.2. The third-order valence-electron chi connectivity index (χ3n) is 4.54. The fraction of sp³-hybridized carbons (Fsp3) is 0.826. The highest BCUT2D eigenvalue weighted by Gasteiger charge is 2.22. The lowest BCUT2D eigenvalue weighted by atomic mass is 9.96. The summed E-state index contributed by atoms with van der Waals surface area (Å²) >= 11 is 0. The smallest absolute Gasteiger partial charge is 0.334 e. The van der Waals surface area contributed by atoms with Crippen LogP contribution in [-0.4, -0.2) is 25.2 Å². The Balaban J connectivity index is 5.20. The number of esters is 2. The van der Waals surface area contributed by atoms with Crippen molar-refractivity contribution >= 4 is 11.9 Å². The van der Waals surface area contributed by atoms with E-state index in [1.807, 2.05) is 13.8 Å². The number of carbonyl (C=O) groups is 2. The standard InChI is InChI=1S/C23H42O4/c1-5-9-11-12-13-15-17-21(23(25)27-19-8-4)20(16-14-10-6-2)22(24)26-18-7-3/h5-19H2,1-4H3/b21-20-. The quantitative estimate of drug-likeness (QED) is 0.163. The summed E-state index contributed by atoms with van der Waals surface area (Å²) in [7, 11) is 0. The Morgan fingerprint density at radius 3 is 1.33 bits per heavy atom. The van der Waals surface area contributed by atoms with Crippen LogP contribution < -0.4 is 0 Å². The molecule has 0 spiro atoms. The monoisotopic (exact) mass is 382 g/mol. The maximum atomic E-state index is 12.6. The molecule has 0 bridgehead atoms. The minimum atomic E-state index is -0.331. The Hall–Kier alpha value is -1.32. The normalized spacial score (nSPS) is 11.9. The van der Waals surface area contributed by atoms with Crippen LogP contribution >= 0.6 is 0 Å². The van der Waals surface area contributed by atoms with E-state index in [2.05, 4.69) is 13.8 Å². The average molecular weight is 383 g/mol. The topological polar surface area (TPSA) is 52.6 Å². The van der Waals surface area contributed by atoms with Gasteiger partial charge in [-0.2, -0.15) is 0 Å². The van der Waals surface area contributed by atoms with Crippen LogP contribution in [0.1, 0.15) is 111 Å². The zero-order valence-electron chi connectivity index (χ0n) is 18.2. The van der Waals surface area contributed by atoms with Gasteiger partial charge >= 0.3 is 11.9 Å². The van der Waals surface area contributed by atoms with Gasteiger partial charge in [-0.3, -0.25) is 0 Å². The molecule has 0 heterocycles. The van der Waals surface area contributed by atoms with Gasteiger partial charge in [-0.25, -0.2) is 9.59 Å². The number of ether oxygens (including phenoxy) is 2. The van der Waals surface area contributed by atoms with Crippen molar-refractivity contribution in [3.63, 3.8) is 0 Å². The molecule has 0 amide bonds. The average Bonchev–Trinajstić information content (AvgIpc) is 2.67. The van der Waals surface area contributed by atoms with E-state index in [0.717, 1.165) is 44.9 Å². The molecular formula is C23H42O4. The minimum absolute atomic E-state index is 0.328. The zero-order chi connectivity index (χ0) is 20.3. The van der Waals surface area contributed by atoms with Crippen molar-refractivity contribution in [1.29, 1.82) is 0 Å². The van der Waals surface area contributed by atoms with Crippen LogP contribution in [0.4, 0.5) is 0 Å². The summed E-state index contributed by atoms with van der Waals surface area (Å²) < 4.78 is 10.8. The van der Waals surface area contributed by atoms with Crippen LogP contribution in [0.2, 0.25) is 0 Å². The van der Waals surface area contributed by atoms with Gasteiger partial charge in [0.05, 0.1) is 13.2 Å². The second-order valence-electron chi connectivity index (χ2n) is 7.20. The van der Waals surface area contributed by atoms with E-state index >= 15 is 0 Å². The number of hydrogen-bond acceptors (Lipinski definition) is 4. The van der Waals surface area contributed by atoms with Gasteiger partial charge in [-0.15, -0.1) is 0 Å². The second kappa shape index (κ2) is 18.1. The van der Waals surface area contributed by atoms with Gasteiger partial charge in [-0.05, 0) is 38.5 Å². The summed E-state index contributed by atoms with van der Waals surface area (Å²) in [5.74, 6) is -0.660. The summed E-state index contributed by atoms with van der Waals surface area (Å²) in [6.45, 7) is 9.07. The molecule has 0 aliphatic rings. The van der Waals surface area contributed by atoms with E-state index in [4.69, 9.17) is 9.47 Å². The van der Waals surface area contributed by atoms with Crippen LogP contribution in [0.3, 0.4) is 0 Å².